The molecule has 1 aromatic carbocycles. The molecule has 8 heteroatoms. The van der Waals surface area contributed by atoms with Crippen LogP contribution >= 0.6 is 0 Å². The zero-order valence-electron chi connectivity index (χ0n) is 20.0. The number of hydrogen-bond donors (Lipinski definition) is 2. The third kappa shape index (κ3) is 4.73. The summed E-state index contributed by atoms with van der Waals surface area (Å²) in [4.78, 5) is 32.4. The summed E-state index contributed by atoms with van der Waals surface area (Å²) in [7, 11) is 1.62. The molecule has 2 aliphatic rings. The molecule has 5 rings (SSSR count). The number of nitrogens with zero attached hydrogens (tertiary/aromatic N) is 2. The van der Waals surface area contributed by atoms with E-state index in [2.05, 4.69) is 20.5 Å². The minimum atomic E-state index is -0.183. The Labute approximate surface area is 204 Å². The third-order valence-corrected chi connectivity index (χ3v) is 7.09. The molecule has 3 atom stereocenters. The van der Waals surface area contributed by atoms with Crippen molar-refractivity contribution >= 4 is 17.6 Å². The summed E-state index contributed by atoms with van der Waals surface area (Å²) in [6.07, 6.45) is 7.10. The second-order valence-electron chi connectivity index (χ2n) is 9.23. The van der Waals surface area contributed by atoms with Crippen molar-refractivity contribution in [2.45, 2.75) is 57.3 Å². The topological polar surface area (TPSA) is 96.7 Å². The van der Waals surface area contributed by atoms with Gasteiger partial charge in [-0.3, -0.25) is 9.59 Å². The molecule has 35 heavy (non-hydrogen) atoms. The number of carbonyl (C=O) groups is 2. The minimum Gasteiger partial charge on any atom is -0.496 e. The van der Waals surface area contributed by atoms with Crippen molar-refractivity contribution in [1.82, 2.24) is 15.6 Å². The number of hydrogen-bond acceptors (Lipinski definition) is 6. The minimum absolute atomic E-state index is 0.0534. The van der Waals surface area contributed by atoms with Gasteiger partial charge in [0.05, 0.1) is 25.5 Å². The molecule has 182 valence electrons. The summed E-state index contributed by atoms with van der Waals surface area (Å²) in [6, 6.07) is 13.7. The van der Waals surface area contributed by atoms with E-state index < -0.39 is 0 Å². The fraction of sp³-hybridized carbons (Fsp3) is 0.370. The van der Waals surface area contributed by atoms with Gasteiger partial charge in [-0.1, -0.05) is 6.07 Å². The van der Waals surface area contributed by atoms with Crippen molar-refractivity contribution in [3.63, 3.8) is 0 Å². The molecule has 0 radical (unpaired) electrons. The highest BCUT2D eigenvalue weighted by molar-refractivity contribution is 5.96. The maximum Gasteiger partial charge on any atom is 0.253 e. The standard InChI is InChI=1S/C27H30N4O4/c1-17-23(6-3-7-24(17)34-2)27(33)30-19-13-20-9-10-21(14-19)31(20)25-11-8-18(15-28-25)26(32)29-16-22-5-4-12-35-22/h3-8,11-12,15,19-21H,9-10,13-14,16H2,1-2H3,(H,29,32)(H,30,33)/t19?,20-,21+. The predicted octanol–water partition coefficient (Wildman–Crippen LogP) is 3.85. The first-order valence-electron chi connectivity index (χ1n) is 12.0. The second kappa shape index (κ2) is 9.82. The van der Waals surface area contributed by atoms with Crippen LogP contribution in [0.1, 0.15) is 57.7 Å². The smallest absolute Gasteiger partial charge is 0.253 e. The molecule has 8 nitrogen and oxygen atoms in total. The van der Waals surface area contributed by atoms with Gasteiger partial charge in [0, 0.05) is 35.4 Å². The van der Waals surface area contributed by atoms with Crippen LogP contribution < -0.4 is 20.3 Å². The van der Waals surface area contributed by atoms with Gasteiger partial charge in [0.1, 0.15) is 17.3 Å². The number of fused-ring (bicyclic) bond motifs is 2. The molecule has 3 aromatic rings. The largest absolute Gasteiger partial charge is 0.496 e. The van der Waals surface area contributed by atoms with E-state index in [-0.39, 0.29) is 17.9 Å². The van der Waals surface area contributed by atoms with Crippen molar-refractivity contribution in [2.75, 3.05) is 12.0 Å². The van der Waals surface area contributed by atoms with Gasteiger partial charge in [-0.15, -0.1) is 0 Å². The fourth-order valence-corrected chi connectivity index (χ4v) is 5.37. The Morgan fingerprint density at radius 2 is 1.89 bits per heavy atom. The van der Waals surface area contributed by atoms with Crippen LogP contribution in [0.15, 0.2) is 59.3 Å². The average Bonchev–Trinajstić information content (AvgIpc) is 3.48. The van der Waals surface area contributed by atoms with E-state index in [1.54, 1.807) is 25.6 Å². The SMILES string of the molecule is COc1cccc(C(=O)NC2C[C@H]3CC[C@@H](C2)N3c2ccc(C(=O)NCc3ccco3)cn2)c1C. The number of nitrogens with one attached hydrogen (secondary N) is 2. The third-order valence-electron chi connectivity index (χ3n) is 7.09. The lowest BCUT2D eigenvalue weighted by atomic mass is 9.96. The van der Waals surface area contributed by atoms with Crippen LogP contribution in [0.4, 0.5) is 5.82 Å². The number of pyridine rings is 1. The molecule has 1 unspecified atom stereocenters. The van der Waals surface area contributed by atoms with Crippen molar-refractivity contribution in [3.05, 3.63) is 77.4 Å². The Morgan fingerprint density at radius 3 is 2.54 bits per heavy atom. The lowest BCUT2D eigenvalue weighted by Gasteiger charge is -2.40. The molecular formula is C27H30N4O4. The highest BCUT2D eigenvalue weighted by atomic mass is 16.5. The molecule has 2 aliphatic heterocycles. The van der Waals surface area contributed by atoms with Gasteiger partial charge >= 0.3 is 0 Å². The molecule has 2 N–H and O–H groups in total. The van der Waals surface area contributed by atoms with Crippen LogP contribution in [-0.2, 0) is 6.54 Å². The van der Waals surface area contributed by atoms with Crippen LogP contribution in [0.3, 0.4) is 0 Å². The fourth-order valence-electron chi connectivity index (χ4n) is 5.37. The van der Waals surface area contributed by atoms with E-state index in [0.29, 0.717) is 35.5 Å². The summed E-state index contributed by atoms with van der Waals surface area (Å²) < 4.78 is 10.6. The van der Waals surface area contributed by atoms with Gasteiger partial charge in [-0.2, -0.15) is 0 Å². The van der Waals surface area contributed by atoms with Gasteiger partial charge < -0.3 is 24.7 Å². The summed E-state index contributed by atoms with van der Waals surface area (Å²) in [6.45, 7) is 2.25. The molecular weight excluding hydrogens is 444 g/mol. The molecule has 2 aromatic heterocycles. The first-order valence-corrected chi connectivity index (χ1v) is 12.0. The van der Waals surface area contributed by atoms with Crippen LogP contribution in [-0.4, -0.2) is 42.0 Å². The van der Waals surface area contributed by atoms with Crippen LogP contribution in [0.25, 0.3) is 0 Å². The van der Waals surface area contributed by atoms with Gasteiger partial charge in [0.25, 0.3) is 11.8 Å². The number of aromatic nitrogens is 1. The van der Waals surface area contributed by atoms with E-state index in [1.807, 2.05) is 43.3 Å². The Bertz CT molecular complexity index is 1180. The molecule has 2 amide bonds. The Morgan fingerprint density at radius 1 is 1.09 bits per heavy atom. The van der Waals surface area contributed by atoms with Crippen molar-refractivity contribution in [1.29, 1.82) is 0 Å². The number of anilines is 1. The maximum atomic E-state index is 13.0. The van der Waals surface area contributed by atoms with E-state index in [9.17, 15) is 9.59 Å². The van der Waals surface area contributed by atoms with E-state index in [4.69, 9.17) is 9.15 Å². The van der Waals surface area contributed by atoms with E-state index in [1.165, 1.54) is 0 Å². The number of benzene rings is 1. The average molecular weight is 475 g/mol. The summed E-state index contributed by atoms with van der Waals surface area (Å²) in [5, 5.41) is 6.09. The number of furan rings is 1. The highest BCUT2D eigenvalue weighted by Gasteiger charge is 2.41. The van der Waals surface area contributed by atoms with Crippen LogP contribution in [0, 0.1) is 6.92 Å². The molecule has 0 spiro atoms. The lowest BCUT2D eigenvalue weighted by Crippen LogP contribution is -2.50. The first kappa shape index (κ1) is 23.0. The summed E-state index contributed by atoms with van der Waals surface area (Å²) in [5.41, 5.74) is 2.02. The van der Waals surface area contributed by atoms with Gasteiger partial charge in [0.2, 0.25) is 0 Å². The number of methoxy groups -OCH3 is 1. The highest BCUT2D eigenvalue weighted by Crippen LogP contribution is 2.38. The second-order valence-corrected chi connectivity index (χ2v) is 9.23. The molecule has 4 heterocycles. The van der Waals surface area contributed by atoms with Crippen molar-refractivity contribution in [3.8, 4) is 5.75 Å². The van der Waals surface area contributed by atoms with Crippen LogP contribution in [0.5, 0.6) is 5.75 Å². The number of carbonyl (C=O) groups excluding carboxylic acids is 2. The van der Waals surface area contributed by atoms with Crippen molar-refractivity contribution < 1.29 is 18.7 Å². The molecule has 0 aliphatic carbocycles. The Kier molecular flexibility index (Phi) is 6.44. The van der Waals surface area contributed by atoms with Gasteiger partial charge in [-0.25, -0.2) is 4.98 Å². The Balaban J connectivity index is 1.20. The van der Waals surface area contributed by atoms with Gasteiger partial charge in [0.15, 0.2) is 0 Å². The monoisotopic (exact) mass is 474 g/mol. The van der Waals surface area contributed by atoms with Crippen molar-refractivity contribution in [2.24, 2.45) is 0 Å². The number of ether oxygens (including phenoxy) is 1. The molecule has 0 saturated carbocycles. The van der Waals surface area contributed by atoms with E-state index >= 15 is 0 Å². The summed E-state index contributed by atoms with van der Waals surface area (Å²) >= 11 is 0. The maximum absolute atomic E-state index is 13.0. The first-order chi connectivity index (χ1) is 17.0. The molecule has 2 bridgehead atoms. The number of rotatable bonds is 7. The Hall–Kier alpha value is -3.81. The predicted molar refractivity (Wildman–Crippen MR) is 132 cm³/mol. The number of piperidine rings is 1. The quantitative estimate of drug-likeness (QED) is 0.540. The normalized spacial score (nSPS) is 21.0. The molecule has 2 saturated heterocycles. The lowest BCUT2D eigenvalue weighted by molar-refractivity contribution is 0.0923. The summed E-state index contributed by atoms with van der Waals surface area (Å²) in [5.74, 6) is 2.07. The van der Waals surface area contributed by atoms with E-state index in [0.717, 1.165) is 42.8 Å². The zero-order valence-corrected chi connectivity index (χ0v) is 20.0. The van der Waals surface area contributed by atoms with Crippen LogP contribution in [0.2, 0.25) is 0 Å². The number of amides is 2. The zero-order chi connectivity index (χ0) is 24.4. The molecule has 2 fully saturated rings. The van der Waals surface area contributed by atoms with Gasteiger partial charge in [-0.05, 0) is 69.0 Å².